The molecule has 5 heteroatoms. The van der Waals surface area contributed by atoms with E-state index in [4.69, 9.17) is 4.74 Å². The molecule has 1 aromatic heterocycles. The van der Waals surface area contributed by atoms with Gasteiger partial charge in [0.1, 0.15) is 0 Å². The quantitative estimate of drug-likeness (QED) is 0.864. The molecule has 2 aromatic rings. The second kappa shape index (κ2) is 6.64. The highest BCUT2D eigenvalue weighted by Crippen LogP contribution is 2.39. The summed E-state index contributed by atoms with van der Waals surface area (Å²) in [4.78, 5) is 17.0. The maximum absolute atomic E-state index is 12.5. The predicted molar refractivity (Wildman–Crippen MR) is 98.8 cm³/mol. The molecule has 4 rings (SSSR count). The van der Waals surface area contributed by atoms with Gasteiger partial charge in [-0.2, -0.15) is 0 Å². The second-order valence-corrected chi connectivity index (χ2v) is 7.38. The van der Waals surface area contributed by atoms with E-state index in [1.807, 2.05) is 37.3 Å². The van der Waals surface area contributed by atoms with Crippen molar-refractivity contribution in [1.29, 1.82) is 0 Å². The zero-order chi connectivity index (χ0) is 17.3. The van der Waals surface area contributed by atoms with Crippen molar-refractivity contribution >= 4 is 22.6 Å². The normalized spacial score (nSPS) is 22.2. The highest BCUT2D eigenvalue weighted by molar-refractivity contribution is 6.00. The van der Waals surface area contributed by atoms with Gasteiger partial charge in [0, 0.05) is 11.1 Å². The first kappa shape index (κ1) is 16.3. The van der Waals surface area contributed by atoms with Crippen LogP contribution in [-0.4, -0.2) is 29.3 Å². The topological polar surface area (TPSA) is 63.2 Å². The molecular formula is C20H25N3O2. The summed E-state index contributed by atoms with van der Waals surface area (Å²) in [6, 6.07) is 9.67. The van der Waals surface area contributed by atoms with Crippen molar-refractivity contribution < 1.29 is 9.53 Å². The highest BCUT2D eigenvalue weighted by Gasteiger charge is 2.41. The number of nitrogens with zero attached hydrogens (tertiary/aromatic N) is 1. The summed E-state index contributed by atoms with van der Waals surface area (Å²) in [5, 5.41) is 7.01. The lowest BCUT2D eigenvalue weighted by Crippen LogP contribution is -2.39. The SMILES string of the molecule is Cc1ccc2c(NC(=O)N[C@@H]3COC4(CCCCC4)C3)cccc2n1. The number of ether oxygens (including phenoxy) is 1. The Morgan fingerprint density at radius 1 is 1.20 bits per heavy atom. The van der Waals surface area contributed by atoms with Crippen LogP contribution in [0.4, 0.5) is 10.5 Å². The number of amides is 2. The van der Waals surface area contributed by atoms with E-state index in [0.717, 1.165) is 41.5 Å². The first-order valence-electron chi connectivity index (χ1n) is 9.21. The van der Waals surface area contributed by atoms with Gasteiger partial charge in [0.15, 0.2) is 0 Å². The van der Waals surface area contributed by atoms with Crippen LogP contribution in [0.5, 0.6) is 0 Å². The summed E-state index contributed by atoms with van der Waals surface area (Å²) in [7, 11) is 0. The van der Waals surface area contributed by atoms with Crippen molar-refractivity contribution in [2.45, 2.75) is 57.1 Å². The molecule has 132 valence electrons. The van der Waals surface area contributed by atoms with Crippen molar-refractivity contribution in [2.75, 3.05) is 11.9 Å². The van der Waals surface area contributed by atoms with Gasteiger partial charge in [-0.25, -0.2) is 4.79 Å². The molecule has 2 heterocycles. The largest absolute Gasteiger partial charge is 0.373 e. The number of aryl methyl sites for hydroxylation is 1. The van der Waals surface area contributed by atoms with Crippen LogP contribution >= 0.6 is 0 Å². The number of urea groups is 1. The van der Waals surface area contributed by atoms with Gasteiger partial charge in [-0.15, -0.1) is 0 Å². The van der Waals surface area contributed by atoms with E-state index in [1.165, 1.54) is 19.3 Å². The monoisotopic (exact) mass is 339 g/mol. The van der Waals surface area contributed by atoms with E-state index in [9.17, 15) is 4.79 Å². The van der Waals surface area contributed by atoms with Crippen LogP contribution in [0.25, 0.3) is 10.9 Å². The van der Waals surface area contributed by atoms with Crippen LogP contribution in [0.15, 0.2) is 30.3 Å². The van der Waals surface area contributed by atoms with Gasteiger partial charge in [0.05, 0.1) is 29.5 Å². The van der Waals surface area contributed by atoms with Gasteiger partial charge in [-0.05, 0) is 50.5 Å². The molecule has 2 amide bonds. The number of carbonyl (C=O) groups is 1. The Bertz CT molecular complexity index is 784. The third kappa shape index (κ3) is 3.47. The summed E-state index contributed by atoms with van der Waals surface area (Å²) < 4.78 is 6.08. The Morgan fingerprint density at radius 3 is 2.88 bits per heavy atom. The molecule has 1 saturated carbocycles. The average molecular weight is 339 g/mol. The molecule has 1 aromatic carbocycles. The molecule has 0 unspecified atom stereocenters. The average Bonchev–Trinajstić information content (AvgIpc) is 2.97. The van der Waals surface area contributed by atoms with E-state index in [2.05, 4.69) is 15.6 Å². The fourth-order valence-electron chi connectivity index (χ4n) is 4.19. The number of anilines is 1. The van der Waals surface area contributed by atoms with Crippen LogP contribution in [0.3, 0.4) is 0 Å². The third-order valence-corrected chi connectivity index (χ3v) is 5.43. The van der Waals surface area contributed by atoms with E-state index >= 15 is 0 Å². The zero-order valence-corrected chi connectivity index (χ0v) is 14.7. The molecular weight excluding hydrogens is 314 g/mol. The van der Waals surface area contributed by atoms with Crippen molar-refractivity contribution in [2.24, 2.45) is 0 Å². The maximum atomic E-state index is 12.5. The standard InChI is InChI=1S/C20H25N3O2/c1-14-8-9-16-17(21-14)6-5-7-18(16)23-19(24)22-15-12-20(25-13-15)10-3-2-4-11-20/h5-9,15H,2-4,10-13H2,1H3,(H2,22,23,24)/t15-/m0/s1. The van der Waals surface area contributed by atoms with Gasteiger partial charge in [0.2, 0.25) is 0 Å². The number of hydrogen-bond donors (Lipinski definition) is 2. The summed E-state index contributed by atoms with van der Waals surface area (Å²) in [5.41, 5.74) is 2.66. The van der Waals surface area contributed by atoms with Gasteiger partial charge in [0.25, 0.3) is 0 Å². The summed E-state index contributed by atoms with van der Waals surface area (Å²) in [6.45, 7) is 2.58. The minimum Gasteiger partial charge on any atom is -0.373 e. The predicted octanol–water partition coefficient (Wildman–Crippen LogP) is 4.16. The van der Waals surface area contributed by atoms with Gasteiger partial charge in [-0.1, -0.05) is 25.3 Å². The highest BCUT2D eigenvalue weighted by atomic mass is 16.5. The van der Waals surface area contributed by atoms with Crippen LogP contribution < -0.4 is 10.6 Å². The van der Waals surface area contributed by atoms with Crippen LogP contribution in [0.1, 0.15) is 44.2 Å². The van der Waals surface area contributed by atoms with Gasteiger partial charge in [-0.3, -0.25) is 4.98 Å². The fourth-order valence-corrected chi connectivity index (χ4v) is 4.19. The summed E-state index contributed by atoms with van der Waals surface area (Å²) >= 11 is 0. The van der Waals surface area contributed by atoms with Crippen LogP contribution in [0, 0.1) is 6.92 Å². The molecule has 1 aliphatic carbocycles. The zero-order valence-electron chi connectivity index (χ0n) is 14.7. The molecule has 2 N–H and O–H groups in total. The lowest BCUT2D eigenvalue weighted by molar-refractivity contribution is -0.0245. The smallest absolute Gasteiger partial charge is 0.319 e. The summed E-state index contributed by atoms with van der Waals surface area (Å²) in [5.74, 6) is 0. The molecule has 1 saturated heterocycles. The molecule has 5 nitrogen and oxygen atoms in total. The number of fused-ring (bicyclic) bond motifs is 1. The van der Waals surface area contributed by atoms with E-state index in [-0.39, 0.29) is 17.7 Å². The Morgan fingerprint density at radius 2 is 2.04 bits per heavy atom. The third-order valence-electron chi connectivity index (χ3n) is 5.43. The first-order chi connectivity index (χ1) is 12.1. The Hall–Kier alpha value is -2.14. The van der Waals surface area contributed by atoms with Crippen molar-refractivity contribution in [3.05, 3.63) is 36.0 Å². The molecule has 2 aliphatic rings. The second-order valence-electron chi connectivity index (χ2n) is 7.38. The first-order valence-corrected chi connectivity index (χ1v) is 9.21. The molecule has 0 bridgehead atoms. The van der Waals surface area contributed by atoms with Crippen molar-refractivity contribution in [3.63, 3.8) is 0 Å². The Labute approximate surface area is 148 Å². The summed E-state index contributed by atoms with van der Waals surface area (Å²) in [6.07, 6.45) is 6.96. The molecule has 2 fully saturated rings. The number of carbonyl (C=O) groups excluding carboxylic acids is 1. The minimum atomic E-state index is -0.172. The number of hydrogen-bond acceptors (Lipinski definition) is 3. The molecule has 0 radical (unpaired) electrons. The van der Waals surface area contributed by atoms with E-state index in [1.54, 1.807) is 0 Å². The Kier molecular flexibility index (Phi) is 4.34. The van der Waals surface area contributed by atoms with E-state index < -0.39 is 0 Å². The number of aromatic nitrogens is 1. The van der Waals surface area contributed by atoms with E-state index in [0.29, 0.717) is 6.61 Å². The van der Waals surface area contributed by atoms with Gasteiger partial charge < -0.3 is 15.4 Å². The van der Waals surface area contributed by atoms with Crippen LogP contribution in [-0.2, 0) is 4.74 Å². The molecule has 1 atom stereocenters. The molecule has 25 heavy (non-hydrogen) atoms. The van der Waals surface area contributed by atoms with Crippen molar-refractivity contribution in [1.82, 2.24) is 10.3 Å². The number of pyridine rings is 1. The molecule has 1 spiro atoms. The maximum Gasteiger partial charge on any atom is 0.319 e. The number of nitrogens with one attached hydrogen (secondary N) is 2. The fraction of sp³-hybridized carbons (Fsp3) is 0.500. The number of benzene rings is 1. The van der Waals surface area contributed by atoms with Crippen molar-refractivity contribution in [3.8, 4) is 0 Å². The Balaban J connectivity index is 1.41. The van der Waals surface area contributed by atoms with Gasteiger partial charge >= 0.3 is 6.03 Å². The number of rotatable bonds is 2. The molecule has 1 aliphatic heterocycles. The lowest BCUT2D eigenvalue weighted by atomic mass is 9.82. The lowest BCUT2D eigenvalue weighted by Gasteiger charge is -2.32. The van der Waals surface area contributed by atoms with Crippen LogP contribution in [0.2, 0.25) is 0 Å². The minimum absolute atomic E-state index is 0.0110.